The minimum atomic E-state index is -3.94. The van der Waals surface area contributed by atoms with Crippen molar-refractivity contribution in [1.82, 2.24) is 10.2 Å². The van der Waals surface area contributed by atoms with Crippen molar-refractivity contribution in [1.29, 1.82) is 0 Å². The minimum Gasteiger partial charge on any atom is -0.299 e. The zero-order chi connectivity index (χ0) is 21.6. The molecule has 7 nitrogen and oxygen atoms in total. The zero-order valence-electron chi connectivity index (χ0n) is 16.2. The van der Waals surface area contributed by atoms with Gasteiger partial charge in [0.25, 0.3) is 10.0 Å². The summed E-state index contributed by atoms with van der Waals surface area (Å²) in [5, 5.41) is 10.9. The fourth-order valence-electron chi connectivity index (χ4n) is 2.48. The molecule has 0 aliphatic carbocycles. The number of thioether (sulfide) groups is 1. The summed E-state index contributed by atoms with van der Waals surface area (Å²) in [6.07, 6.45) is 1.75. The Morgan fingerprint density at radius 3 is 2.53 bits per heavy atom. The lowest BCUT2D eigenvalue weighted by molar-refractivity contribution is -0.114. The molecule has 0 aliphatic rings. The lowest BCUT2D eigenvalue weighted by Gasteiger charge is -2.23. The van der Waals surface area contributed by atoms with Gasteiger partial charge in [0.15, 0.2) is 4.34 Å². The first kappa shape index (κ1) is 22.0. The van der Waals surface area contributed by atoms with Crippen molar-refractivity contribution in [2.75, 3.05) is 21.9 Å². The number of anilines is 2. The molecule has 30 heavy (non-hydrogen) atoms. The molecule has 0 saturated carbocycles. The molecule has 0 spiro atoms. The normalized spacial score (nSPS) is 11.1. The number of hydrogen-bond donors (Lipinski definition) is 1. The molecule has 3 aromatic rings. The molecule has 0 radical (unpaired) electrons. The average Bonchev–Trinajstić information content (AvgIpc) is 3.18. The third-order valence-corrected chi connectivity index (χ3v) is 7.67. The van der Waals surface area contributed by atoms with Gasteiger partial charge < -0.3 is 0 Å². The van der Waals surface area contributed by atoms with Crippen LogP contribution in [0.1, 0.15) is 5.56 Å². The first-order valence-electron chi connectivity index (χ1n) is 8.91. The summed E-state index contributed by atoms with van der Waals surface area (Å²) in [7, 11) is -3.94. The topological polar surface area (TPSA) is 92.3 Å². The van der Waals surface area contributed by atoms with E-state index in [0.29, 0.717) is 20.9 Å². The minimum absolute atomic E-state index is 0.115. The first-order valence-corrected chi connectivity index (χ1v) is 12.2. The van der Waals surface area contributed by atoms with Crippen LogP contribution < -0.4 is 9.62 Å². The molecular weight excluding hydrogens is 440 g/mol. The molecule has 0 aliphatic heterocycles. The van der Waals surface area contributed by atoms with Crippen molar-refractivity contribution >= 4 is 49.8 Å². The van der Waals surface area contributed by atoms with Crippen molar-refractivity contribution in [2.24, 2.45) is 0 Å². The Labute approximate surface area is 183 Å². The number of nitrogens with zero attached hydrogens (tertiary/aromatic N) is 3. The molecule has 0 unspecified atom stereocenters. The molecule has 1 heterocycles. The van der Waals surface area contributed by atoms with Crippen molar-refractivity contribution < 1.29 is 13.2 Å². The van der Waals surface area contributed by atoms with Crippen molar-refractivity contribution in [3.05, 3.63) is 72.8 Å². The second-order valence-corrected chi connectivity index (χ2v) is 10.3. The maximum absolute atomic E-state index is 13.3. The first-order chi connectivity index (χ1) is 14.4. The summed E-state index contributed by atoms with van der Waals surface area (Å²) >= 11 is 2.67. The molecule has 0 atom stereocenters. The van der Waals surface area contributed by atoms with Gasteiger partial charge in [-0.25, -0.2) is 8.42 Å². The Hall–Kier alpha value is -2.69. The molecule has 1 aromatic heterocycles. The second kappa shape index (κ2) is 9.88. The van der Waals surface area contributed by atoms with Crippen molar-refractivity contribution in [2.45, 2.75) is 16.2 Å². The number of aryl methyl sites for hydroxylation is 1. The monoisotopic (exact) mass is 460 g/mol. The van der Waals surface area contributed by atoms with Crippen LogP contribution >= 0.6 is 23.1 Å². The third-order valence-electron chi connectivity index (χ3n) is 3.92. The Kier molecular flexibility index (Phi) is 7.24. The number of hydrogen-bond acceptors (Lipinski definition) is 7. The van der Waals surface area contributed by atoms with Crippen LogP contribution in [-0.2, 0) is 14.8 Å². The quantitative estimate of drug-likeness (QED) is 0.295. The van der Waals surface area contributed by atoms with Crippen LogP contribution in [0.3, 0.4) is 0 Å². The van der Waals surface area contributed by atoms with Gasteiger partial charge in [-0.05, 0) is 31.2 Å². The number of aromatic nitrogens is 2. The summed E-state index contributed by atoms with van der Waals surface area (Å²) in [6, 6.07) is 15.0. The summed E-state index contributed by atoms with van der Waals surface area (Å²) in [5.74, 6) is 0.171. The second-order valence-electron chi connectivity index (χ2n) is 6.18. The van der Waals surface area contributed by atoms with Gasteiger partial charge in [0.1, 0.15) is 6.54 Å². The Morgan fingerprint density at radius 1 is 1.17 bits per heavy atom. The van der Waals surface area contributed by atoms with Gasteiger partial charge in [-0.15, -0.1) is 16.8 Å². The highest BCUT2D eigenvalue weighted by molar-refractivity contribution is 8.01. The predicted octanol–water partition coefficient (Wildman–Crippen LogP) is 3.96. The number of benzene rings is 2. The van der Waals surface area contributed by atoms with Crippen LogP contribution in [0.2, 0.25) is 0 Å². The lowest BCUT2D eigenvalue weighted by Crippen LogP contribution is -2.38. The molecule has 0 saturated heterocycles. The highest BCUT2D eigenvalue weighted by Crippen LogP contribution is 2.26. The maximum Gasteiger partial charge on any atom is 0.264 e. The van der Waals surface area contributed by atoms with E-state index in [4.69, 9.17) is 0 Å². The number of amides is 1. The molecule has 3 rings (SSSR count). The smallest absolute Gasteiger partial charge is 0.264 e. The van der Waals surface area contributed by atoms with E-state index in [0.717, 1.165) is 9.87 Å². The van der Waals surface area contributed by atoms with Gasteiger partial charge in [-0.3, -0.25) is 14.4 Å². The summed E-state index contributed by atoms with van der Waals surface area (Å²) in [5.41, 5.74) is 1.34. The molecular formula is C20H20N4O3S3. The molecule has 10 heteroatoms. The molecule has 0 fully saturated rings. The van der Waals surface area contributed by atoms with Crippen LogP contribution in [-0.4, -0.2) is 36.8 Å². The fraction of sp³-hybridized carbons (Fsp3) is 0.150. The predicted molar refractivity (Wildman–Crippen MR) is 122 cm³/mol. The molecule has 2 aromatic carbocycles. The van der Waals surface area contributed by atoms with E-state index >= 15 is 0 Å². The zero-order valence-corrected chi connectivity index (χ0v) is 18.6. The fourth-order valence-corrected chi connectivity index (χ4v) is 5.43. The van der Waals surface area contributed by atoms with Crippen molar-refractivity contribution in [3.63, 3.8) is 0 Å². The van der Waals surface area contributed by atoms with Gasteiger partial charge in [0.2, 0.25) is 11.0 Å². The largest absolute Gasteiger partial charge is 0.299 e. The highest BCUT2D eigenvalue weighted by atomic mass is 32.2. The van der Waals surface area contributed by atoms with E-state index in [-0.39, 0.29) is 4.90 Å². The van der Waals surface area contributed by atoms with Crippen molar-refractivity contribution in [3.8, 4) is 0 Å². The Bertz CT molecular complexity index is 1110. The van der Waals surface area contributed by atoms with Crippen LogP contribution in [0.25, 0.3) is 0 Å². The number of carbonyl (C=O) groups excluding carboxylic acids is 1. The van der Waals surface area contributed by atoms with E-state index in [9.17, 15) is 13.2 Å². The van der Waals surface area contributed by atoms with Gasteiger partial charge in [0.05, 0.1) is 10.6 Å². The standard InChI is InChI=1S/C20H20N4O3S3/c1-3-13-28-20-23-22-19(29-20)21-18(25)14-24(16-7-5-4-6-8-16)30(26,27)17-11-9-15(2)10-12-17/h3-12H,1,13-14H2,2H3,(H,21,22,25). The molecule has 1 amide bonds. The highest BCUT2D eigenvalue weighted by Gasteiger charge is 2.27. The van der Waals surface area contributed by atoms with Crippen LogP contribution in [0.5, 0.6) is 0 Å². The number of rotatable bonds is 9. The number of nitrogens with one attached hydrogen (secondary N) is 1. The third kappa shape index (κ3) is 5.47. The SMILES string of the molecule is C=CCSc1nnc(NC(=O)CN(c2ccccc2)S(=O)(=O)c2ccc(C)cc2)s1. The van der Waals surface area contributed by atoms with Crippen LogP contribution in [0.15, 0.2) is 76.5 Å². The Morgan fingerprint density at radius 2 is 1.87 bits per heavy atom. The van der Waals surface area contributed by atoms with E-state index in [1.807, 2.05) is 6.92 Å². The van der Waals surface area contributed by atoms with Crippen LogP contribution in [0.4, 0.5) is 10.8 Å². The summed E-state index contributed by atoms with van der Waals surface area (Å²) < 4.78 is 28.3. The number of para-hydroxylation sites is 1. The number of sulfonamides is 1. The molecule has 1 N–H and O–H groups in total. The van der Waals surface area contributed by atoms with E-state index in [1.165, 1.54) is 35.2 Å². The molecule has 156 valence electrons. The lowest BCUT2D eigenvalue weighted by atomic mass is 10.2. The Balaban J connectivity index is 1.83. The van der Waals surface area contributed by atoms with Gasteiger partial charge in [0, 0.05) is 5.75 Å². The summed E-state index contributed by atoms with van der Waals surface area (Å²) in [6.45, 7) is 5.13. The van der Waals surface area contributed by atoms with E-state index in [1.54, 1.807) is 48.5 Å². The molecule has 0 bridgehead atoms. The van der Waals surface area contributed by atoms with E-state index < -0.39 is 22.5 Å². The van der Waals surface area contributed by atoms with Gasteiger partial charge in [-0.1, -0.05) is 65.1 Å². The van der Waals surface area contributed by atoms with Gasteiger partial charge >= 0.3 is 0 Å². The maximum atomic E-state index is 13.3. The van der Waals surface area contributed by atoms with Crippen LogP contribution in [0, 0.1) is 6.92 Å². The van der Waals surface area contributed by atoms with E-state index in [2.05, 4.69) is 22.1 Å². The summed E-state index contributed by atoms with van der Waals surface area (Å²) in [4.78, 5) is 12.8. The number of carbonyl (C=O) groups is 1. The van der Waals surface area contributed by atoms with Gasteiger partial charge in [-0.2, -0.15) is 0 Å². The average molecular weight is 461 g/mol.